The van der Waals surface area contributed by atoms with E-state index in [1.807, 2.05) is 0 Å². The third-order valence-electron chi connectivity index (χ3n) is 4.37. The van der Waals surface area contributed by atoms with Gasteiger partial charge in [0.05, 0.1) is 6.07 Å². The first-order valence-corrected chi connectivity index (χ1v) is 7.30. The molecule has 0 radical (unpaired) electrons. The predicted octanol–water partition coefficient (Wildman–Crippen LogP) is 4.16. The van der Waals surface area contributed by atoms with Crippen LogP contribution in [0, 0.1) is 17.2 Å². The van der Waals surface area contributed by atoms with E-state index in [1.54, 1.807) is 0 Å². The van der Waals surface area contributed by atoms with Gasteiger partial charge in [0.25, 0.3) is 0 Å². The molecule has 0 spiro atoms. The Morgan fingerprint density at radius 2 is 2.00 bits per heavy atom. The Hall–Kier alpha value is -1.49. The van der Waals surface area contributed by atoms with Crippen LogP contribution in [0.2, 0.25) is 0 Å². The summed E-state index contributed by atoms with van der Waals surface area (Å²) in [7, 11) is 0. The third kappa shape index (κ3) is 3.10. The van der Waals surface area contributed by atoms with Crippen molar-refractivity contribution in [1.82, 2.24) is 0 Å². The number of nitrogens with zero attached hydrogens (tertiary/aromatic N) is 2. The SMILES string of the molecule is CCc1ccc(N2CC(CC#N)CCC2(C)C)cc1. The lowest BCUT2D eigenvalue weighted by atomic mass is 9.83. The van der Waals surface area contributed by atoms with Gasteiger partial charge in [-0.3, -0.25) is 0 Å². The van der Waals surface area contributed by atoms with E-state index in [4.69, 9.17) is 5.26 Å². The van der Waals surface area contributed by atoms with Crippen molar-refractivity contribution in [3.8, 4) is 6.07 Å². The summed E-state index contributed by atoms with van der Waals surface area (Å²) >= 11 is 0. The van der Waals surface area contributed by atoms with Crippen molar-refractivity contribution in [1.29, 1.82) is 5.26 Å². The Kier molecular flexibility index (Phi) is 4.14. The van der Waals surface area contributed by atoms with E-state index < -0.39 is 0 Å². The number of rotatable bonds is 3. The van der Waals surface area contributed by atoms with E-state index in [-0.39, 0.29) is 5.54 Å². The highest BCUT2D eigenvalue weighted by atomic mass is 15.2. The molecule has 0 amide bonds. The maximum absolute atomic E-state index is 8.91. The van der Waals surface area contributed by atoms with Gasteiger partial charge >= 0.3 is 0 Å². The third-order valence-corrected chi connectivity index (χ3v) is 4.37. The topological polar surface area (TPSA) is 27.0 Å². The van der Waals surface area contributed by atoms with Crippen LogP contribution in [0.5, 0.6) is 0 Å². The quantitative estimate of drug-likeness (QED) is 0.812. The fourth-order valence-corrected chi connectivity index (χ4v) is 2.95. The van der Waals surface area contributed by atoms with Crippen molar-refractivity contribution in [2.45, 2.75) is 52.0 Å². The maximum atomic E-state index is 8.91. The van der Waals surface area contributed by atoms with Gasteiger partial charge in [-0.25, -0.2) is 0 Å². The van der Waals surface area contributed by atoms with Crippen LogP contribution in [-0.4, -0.2) is 12.1 Å². The van der Waals surface area contributed by atoms with Gasteiger partial charge in [-0.15, -0.1) is 0 Å². The monoisotopic (exact) mass is 256 g/mol. The average molecular weight is 256 g/mol. The second-order valence-electron chi connectivity index (χ2n) is 6.21. The van der Waals surface area contributed by atoms with E-state index in [0.29, 0.717) is 12.3 Å². The minimum absolute atomic E-state index is 0.194. The van der Waals surface area contributed by atoms with Crippen molar-refractivity contribution in [3.63, 3.8) is 0 Å². The van der Waals surface area contributed by atoms with Crippen molar-refractivity contribution >= 4 is 5.69 Å². The molecule has 1 heterocycles. The van der Waals surface area contributed by atoms with E-state index in [9.17, 15) is 0 Å². The van der Waals surface area contributed by atoms with Crippen LogP contribution in [0.4, 0.5) is 5.69 Å². The Morgan fingerprint density at radius 3 is 2.58 bits per heavy atom. The number of anilines is 1. The van der Waals surface area contributed by atoms with Crippen LogP contribution in [-0.2, 0) is 6.42 Å². The molecule has 0 N–H and O–H groups in total. The van der Waals surface area contributed by atoms with Crippen molar-refractivity contribution in [2.24, 2.45) is 5.92 Å². The summed E-state index contributed by atoms with van der Waals surface area (Å²) in [4.78, 5) is 2.48. The van der Waals surface area contributed by atoms with Crippen LogP contribution in [0.1, 0.15) is 45.6 Å². The fourth-order valence-electron chi connectivity index (χ4n) is 2.95. The highest BCUT2D eigenvalue weighted by molar-refractivity contribution is 5.50. The van der Waals surface area contributed by atoms with Crippen LogP contribution in [0.25, 0.3) is 0 Å². The van der Waals surface area contributed by atoms with E-state index in [1.165, 1.54) is 17.7 Å². The number of piperidine rings is 1. The second-order valence-corrected chi connectivity index (χ2v) is 6.21. The molecular formula is C17H24N2. The summed E-state index contributed by atoms with van der Waals surface area (Å²) in [6.07, 6.45) is 4.10. The lowest BCUT2D eigenvalue weighted by Crippen LogP contribution is -2.50. The van der Waals surface area contributed by atoms with Crippen molar-refractivity contribution in [2.75, 3.05) is 11.4 Å². The van der Waals surface area contributed by atoms with Crippen LogP contribution in [0.15, 0.2) is 24.3 Å². The molecule has 0 aromatic heterocycles. The molecule has 19 heavy (non-hydrogen) atoms. The summed E-state index contributed by atoms with van der Waals surface area (Å²) in [5.41, 5.74) is 2.87. The smallest absolute Gasteiger partial charge is 0.0625 e. The maximum Gasteiger partial charge on any atom is 0.0625 e. The summed E-state index contributed by atoms with van der Waals surface area (Å²) < 4.78 is 0. The first-order valence-electron chi connectivity index (χ1n) is 7.30. The van der Waals surface area contributed by atoms with E-state index in [0.717, 1.165) is 19.4 Å². The molecule has 0 saturated carbocycles. The van der Waals surface area contributed by atoms with Gasteiger partial charge in [-0.05, 0) is 56.7 Å². The molecule has 0 aliphatic carbocycles. The summed E-state index contributed by atoms with van der Waals surface area (Å²) in [6, 6.07) is 11.2. The predicted molar refractivity (Wildman–Crippen MR) is 80.2 cm³/mol. The number of nitriles is 1. The van der Waals surface area contributed by atoms with Gasteiger partial charge in [-0.1, -0.05) is 19.1 Å². The van der Waals surface area contributed by atoms with Crippen molar-refractivity contribution < 1.29 is 0 Å². The summed E-state index contributed by atoms with van der Waals surface area (Å²) in [5, 5.41) is 8.91. The highest BCUT2D eigenvalue weighted by Crippen LogP contribution is 2.35. The molecule has 2 heteroatoms. The molecular weight excluding hydrogens is 232 g/mol. The first-order chi connectivity index (χ1) is 9.06. The largest absolute Gasteiger partial charge is 0.366 e. The minimum Gasteiger partial charge on any atom is -0.366 e. The number of hydrogen-bond acceptors (Lipinski definition) is 2. The Morgan fingerprint density at radius 1 is 1.32 bits per heavy atom. The summed E-state index contributed by atoms with van der Waals surface area (Å²) in [5.74, 6) is 0.517. The standard InChI is InChI=1S/C17H24N2/c1-4-14-5-7-16(8-6-14)19-13-15(10-12-18)9-11-17(19,2)3/h5-8,15H,4,9-11,13H2,1-3H3. The molecule has 1 aliphatic heterocycles. The lowest BCUT2D eigenvalue weighted by molar-refractivity contribution is 0.293. The molecule has 1 aliphatic rings. The number of hydrogen-bond donors (Lipinski definition) is 0. The van der Waals surface area contributed by atoms with E-state index in [2.05, 4.69) is 56.0 Å². The zero-order valence-electron chi connectivity index (χ0n) is 12.3. The zero-order valence-corrected chi connectivity index (χ0v) is 12.3. The lowest BCUT2D eigenvalue weighted by Gasteiger charge is -2.47. The van der Waals surface area contributed by atoms with Gasteiger partial charge in [0.15, 0.2) is 0 Å². The molecule has 1 aromatic carbocycles. The minimum atomic E-state index is 0.194. The van der Waals surface area contributed by atoms with Gasteiger partial charge in [0.1, 0.15) is 0 Å². The Bertz CT molecular complexity index is 453. The Balaban J connectivity index is 2.20. The molecule has 1 fully saturated rings. The van der Waals surface area contributed by atoms with Crippen molar-refractivity contribution in [3.05, 3.63) is 29.8 Å². The number of aryl methyl sites for hydroxylation is 1. The Labute approximate surface area is 117 Å². The number of benzene rings is 1. The first kappa shape index (κ1) is 13.9. The van der Waals surface area contributed by atoms with E-state index >= 15 is 0 Å². The van der Waals surface area contributed by atoms with Gasteiger partial charge in [-0.2, -0.15) is 5.26 Å². The molecule has 1 saturated heterocycles. The van der Waals surface area contributed by atoms with Crippen LogP contribution in [0.3, 0.4) is 0 Å². The van der Waals surface area contributed by atoms with Gasteiger partial charge in [0.2, 0.25) is 0 Å². The van der Waals surface area contributed by atoms with Crippen LogP contribution < -0.4 is 4.90 Å². The second kappa shape index (κ2) is 5.65. The molecule has 1 aromatic rings. The average Bonchev–Trinajstić information content (AvgIpc) is 2.41. The highest BCUT2D eigenvalue weighted by Gasteiger charge is 2.34. The zero-order chi connectivity index (χ0) is 13.9. The molecule has 2 nitrogen and oxygen atoms in total. The van der Waals surface area contributed by atoms with Gasteiger partial charge < -0.3 is 4.90 Å². The molecule has 102 valence electrons. The molecule has 1 unspecified atom stereocenters. The molecule has 1 atom stereocenters. The fraction of sp³-hybridized carbons (Fsp3) is 0.588. The van der Waals surface area contributed by atoms with Crippen LogP contribution >= 0.6 is 0 Å². The molecule has 2 rings (SSSR count). The summed E-state index contributed by atoms with van der Waals surface area (Å²) in [6.45, 7) is 7.81. The normalized spacial score (nSPS) is 22.0. The molecule has 0 bridgehead atoms. The van der Waals surface area contributed by atoms with Gasteiger partial charge in [0, 0.05) is 24.2 Å².